The average molecular weight is 289 g/mol. The summed E-state index contributed by atoms with van der Waals surface area (Å²) >= 11 is 1.49. The van der Waals surface area contributed by atoms with E-state index in [1.807, 2.05) is 13.0 Å². The summed E-state index contributed by atoms with van der Waals surface area (Å²) < 4.78 is 6.07. The fraction of sp³-hybridized carbons (Fsp3) is 0.167. The fourth-order valence-electron chi connectivity index (χ4n) is 1.67. The number of carbonyl (C=O) groups is 1. The number of hydrogen-bond donors (Lipinski definition) is 2. The summed E-state index contributed by atoms with van der Waals surface area (Å²) in [6.07, 6.45) is 0. The van der Waals surface area contributed by atoms with Crippen molar-refractivity contribution in [1.82, 2.24) is 20.2 Å². The first-order valence-corrected chi connectivity index (χ1v) is 6.84. The number of aromatic nitrogens is 4. The lowest BCUT2D eigenvalue weighted by Gasteiger charge is -2.01. The Kier molecular flexibility index (Phi) is 3.30. The quantitative estimate of drug-likeness (QED) is 0.767. The zero-order valence-electron chi connectivity index (χ0n) is 10.6. The molecule has 8 heteroatoms. The number of anilines is 1. The van der Waals surface area contributed by atoms with Gasteiger partial charge in [0.05, 0.1) is 22.3 Å². The zero-order valence-corrected chi connectivity index (χ0v) is 11.4. The van der Waals surface area contributed by atoms with E-state index < -0.39 is 0 Å². The van der Waals surface area contributed by atoms with E-state index in [1.165, 1.54) is 11.3 Å². The van der Waals surface area contributed by atoms with Gasteiger partial charge in [0, 0.05) is 5.56 Å². The minimum absolute atomic E-state index is 0.209. The van der Waals surface area contributed by atoms with Crippen LogP contribution in [0.25, 0.3) is 10.2 Å². The van der Waals surface area contributed by atoms with Crippen LogP contribution in [0.5, 0.6) is 6.01 Å². The number of nitrogens with zero attached hydrogens (tertiary/aromatic N) is 3. The number of fused-ring (bicyclic) bond motifs is 1. The summed E-state index contributed by atoms with van der Waals surface area (Å²) in [5.74, 6) is -0.0117. The molecular weight excluding hydrogens is 278 g/mol. The summed E-state index contributed by atoms with van der Waals surface area (Å²) in [6, 6.07) is 5.53. The van der Waals surface area contributed by atoms with Gasteiger partial charge in [-0.2, -0.15) is 4.98 Å². The Morgan fingerprint density at radius 1 is 1.50 bits per heavy atom. The molecule has 2 N–H and O–H groups in total. The predicted molar refractivity (Wildman–Crippen MR) is 75.1 cm³/mol. The van der Waals surface area contributed by atoms with E-state index >= 15 is 0 Å². The first kappa shape index (κ1) is 12.5. The molecule has 0 spiro atoms. The molecule has 0 unspecified atom stereocenters. The van der Waals surface area contributed by atoms with E-state index in [1.54, 1.807) is 17.6 Å². The normalized spacial score (nSPS) is 10.7. The first-order chi connectivity index (χ1) is 9.76. The number of amides is 1. The highest BCUT2D eigenvalue weighted by atomic mass is 32.1. The molecule has 3 aromatic rings. The van der Waals surface area contributed by atoms with Gasteiger partial charge in [-0.15, -0.1) is 16.4 Å². The average Bonchev–Trinajstić information content (AvgIpc) is 3.07. The molecule has 2 heterocycles. The summed E-state index contributed by atoms with van der Waals surface area (Å²) in [5.41, 5.74) is 3.16. The third-order valence-electron chi connectivity index (χ3n) is 2.56. The maximum absolute atomic E-state index is 12.1. The lowest BCUT2D eigenvalue weighted by atomic mass is 10.2. The van der Waals surface area contributed by atoms with Crippen molar-refractivity contribution in [2.75, 3.05) is 11.9 Å². The largest absolute Gasteiger partial charge is 0.463 e. The van der Waals surface area contributed by atoms with Crippen LogP contribution in [0.1, 0.15) is 17.3 Å². The highest BCUT2D eigenvalue weighted by Crippen LogP contribution is 2.19. The van der Waals surface area contributed by atoms with Crippen molar-refractivity contribution < 1.29 is 9.53 Å². The standard InChI is InChI=1S/C12H11N5O2S/c1-2-19-12-15-11(16-17-12)14-10(18)7-3-4-8-9(5-7)20-6-13-8/h3-6H,2H2,1H3,(H2,14,15,16,17,18). The monoisotopic (exact) mass is 289 g/mol. The molecule has 20 heavy (non-hydrogen) atoms. The van der Waals surface area contributed by atoms with Crippen molar-refractivity contribution in [3.63, 3.8) is 0 Å². The van der Waals surface area contributed by atoms with Gasteiger partial charge in [-0.25, -0.2) is 10.1 Å². The van der Waals surface area contributed by atoms with Crippen LogP contribution in [0, 0.1) is 0 Å². The molecule has 2 aromatic heterocycles. The third kappa shape index (κ3) is 2.45. The molecule has 0 saturated heterocycles. The molecule has 0 atom stereocenters. The summed E-state index contributed by atoms with van der Waals surface area (Å²) in [6.45, 7) is 2.30. The molecule has 1 aromatic carbocycles. The van der Waals surface area contributed by atoms with Crippen LogP contribution in [0.2, 0.25) is 0 Å². The Labute approximate surface area is 118 Å². The molecule has 0 bridgehead atoms. The Morgan fingerprint density at radius 3 is 3.25 bits per heavy atom. The van der Waals surface area contributed by atoms with Gasteiger partial charge in [-0.3, -0.25) is 10.1 Å². The summed E-state index contributed by atoms with van der Waals surface area (Å²) in [5, 5.41) is 9.04. The van der Waals surface area contributed by atoms with E-state index in [4.69, 9.17) is 4.74 Å². The number of thiazole rings is 1. The van der Waals surface area contributed by atoms with E-state index in [-0.39, 0.29) is 17.9 Å². The van der Waals surface area contributed by atoms with E-state index in [0.717, 1.165) is 10.2 Å². The number of benzene rings is 1. The van der Waals surface area contributed by atoms with Crippen LogP contribution in [0.4, 0.5) is 5.95 Å². The molecule has 102 valence electrons. The van der Waals surface area contributed by atoms with Gasteiger partial charge in [0.15, 0.2) is 0 Å². The first-order valence-electron chi connectivity index (χ1n) is 5.96. The molecule has 7 nitrogen and oxygen atoms in total. The Hall–Kier alpha value is -2.48. The van der Waals surface area contributed by atoms with Gasteiger partial charge < -0.3 is 4.74 Å². The maximum Gasteiger partial charge on any atom is 0.337 e. The number of aromatic amines is 1. The van der Waals surface area contributed by atoms with Gasteiger partial charge in [0.1, 0.15) is 0 Å². The van der Waals surface area contributed by atoms with Crippen molar-refractivity contribution in [2.45, 2.75) is 6.92 Å². The van der Waals surface area contributed by atoms with Crippen molar-refractivity contribution in [3.05, 3.63) is 29.3 Å². The van der Waals surface area contributed by atoms with Gasteiger partial charge in [-0.05, 0) is 25.1 Å². The molecule has 0 aliphatic carbocycles. The Bertz CT molecular complexity index is 751. The maximum atomic E-state index is 12.1. The number of ether oxygens (including phenoxy) is 1. The third-order valence-corrected chi connectivity index (χ3v) is 3.36. The number of carbonyl (C=O) groups excluding carboxylic acids is 1. The lowest BCUT2D eigenvalue weighted by molar-refractivity contribution is 0.102. The SMILES string of the molecule is CCOc1n[nH]c(NC(=O)c2ccc3ncsc3c2)n1. The highest BCUT2D eigenvalue weighted by molar-refractivity contribution is 7.16. The molecule has 1 amide bonds. The Morgan fingerprint density at radius 2 is 2.40 bits per heavy atom. The lowest BCUT2D eigenvalue weighted by Crippen LogP contribution is -2.12. The summed E-state index contributed by atoms with van der Waals surface area (Å²) in [4.78, 5) is 20.2. The fourth-order valence-corrected chi connectivity index (χ4v) is 2.39. The van der Waals surface area contributed by atoms with Crippen molar-refractivity contribution in [2.24, 2.45) is 0 Å². The second-order valence-corrected chi connectivity index (χ2v) is 4.77. The molecule has 0 radical (unpaired) electrons. The minimum Gasteiger partial charge on any atom is -0.463 e. The minimum atomic E-state index is -0.264. The van der Waals surface area contributed by atoms with Gasteiger partial charge in [-0.1, -0.05) is 0 Å². The molecule has 3 rings (SSSR count). The second kappa shape index (κ2) is 5.25. The predicted octanol–water partition coefficient (Wildman–Crippen LogP) is 2.07. The number of nitrogens with one attached hydrogen (secondary N) is 2. The van der Waals surface area contributed by atoms with E-state index in [2.05, 4.69) is 25.5 Å². The summed E-state index contributed by atoms with van der Waals surface area (Å²) in [7, 11) is 0. The van der Waals surface area contributed by atoms with Gasteiger partial charge >= 0.3 is 6.01 Å². The molecule has 0 saturated carbocycles. The molecule has 0 fully saturated rings. The molecular formula is C12H11N5O2S. The molecule has 0 aliphatic rings. The van der Waals surface area contributed by atoms with E-state index in [0.29, 0.717) is 12.2 Å². The van der Waals surface area contributed by atoms with Gasteiger partial charge in [0.25, 0.3) is 5.91 Å². The topological polar surface area (TPSA) is 92.8 Å². The van der Waals surface area contributed by atoms with Crippen LogP contribution in [0.3, 0.4) is 0 Å². The van der Waals surface area contributed by atoms with Crippen LogP contribution < -0.4 is 10.1 Å². The Balaban J connectivity index is 1.77. The second-order valence-electron chi connectivity index (χ2n) is 3.89. The zero-order chi connectivity index (χ0) is 13.9. The van der Waals surface area contributed by atoms with Crippen LogP contribution in [-0.2, 0) is 0 Å². The van der Waals surface area contributed by atoms with Crippen LogP contribution in [0.15, 0.2) is 23.7 Å². The molecule has 0 aliphatic heterocycles. The van der Waals surface area contributed by atoms with Gasteiger partial charge in [0.2, 0.25) is 5.95 Å². The van der Waals surface area contributed by atoms with Crippen molar-refractivity contribution in [3.8, 4) is 6.01 Å². The number of rotatable bonds is 4. The highest BCUT2D eigenvalue weighted by Gasteiger charge is 2.11. The van der Waals surface area contributed by atoms with E-state index in [9.17, 15) is 4.79 Å². The van der Waals surface area contributed by atoms with Crippen molar-refractivity contribution in [1.29, 1.82) is 0 Å². The van der Waals surface area contributed by atoms with Crippen molar-refractivity contribution >= 4 is 33.4 Å². The number of H-pyrrole nitrogens is 1. The smallest absolute Gasteiger partial charge is 0.337 e. The number of hydrogen-bond acceptors (Lipinski definition) is 6. The van der Waals surface area contributed by atoms with Crippen LogP contribution in [-0.4, -0.2) is 32.7 Å². The van der Waals surface area contributed by atoms with Crippen LogP contribution >= 0.6 is 11.3 Å².